The molecule has 2 aromatic heterocycles. The standard InChI is InChI=1S/C12H18ClN5S/c1-4-12(5-2,19-3)7-14-10-6-9(13)17-11-15-8-16-18(10)11/h6,8,14H,4-5,7H2,1-3H3. The van der Waals surface area contributed by atoms with Gasteiger partial charge in [0.1, 0.15) is 17.3 Å². The number of aromatic nitrogens is 4. The molecular weight excluding hydrogens is 282 g/mol. The lowest BCUT2D eigenvalue weighted by Gasteiger charge is -2.30. The first-order valence-electron chi connectivity index (χ1n) is 6.29. The molecule has 0 bridgehead atoms. The first-order valence-corrected chi connectivity index (χ1v) is 7.89. The molecule has 1 N–H and O–H groups in total. The molecule has 0 aromatic carbocycles. The van der Waals surface area contributed by atoms with Gasteiger partial charge in [-0.1, -0.05) is 25.4 Å². The monoisotopic (exact) mass is 299 g/mol. The molecule has 2 aromatic rings. The summed E-state index contributed by atoms with van der Waals surface area (Å²) >= 11 is 7.89. The Bertz CT molecular complexity index is 544. The molecular formula is C12H18ClN5S. The van der Waals surface area contributed by atoms with Crippen molar-refractivity contribution < 1.29 is 0 Å². The number of rotatable bonds is 6. The third kappa shape index (κ3) is 2.95. The number of thioether (sulfide) groups is 1. The Labute approximate surface area is 122 Å². The van der Waals surface area contributed by atoms with Gasteiger partial charge >= 0.3 is 0 Å². The van der Waals surface area contributed by atoms with E-state index in [2.05, 4.69) is 40.5 Å². The number of hydrogen-bond donors (Lipinski definition) is 1. The van der Waals surface area contributed by atoms with Crippen LogP contribution in [0.5, 0.6) is 0 Å². The molecule has 2 heterocycles. The van der Waals surface area contributed by atoms with Crippen molar-refractivity contribution in [2.45, 2.75) is 31.4 Å². The second-order valence-electron chi connectivity index (χ2n) is 4.38. The highest BCUT2D eigenvalue weighted by Gasteiger charge is 2.25. The third-order valence-electron chi connectivity index (χ3n) is 3.53. The predicted molar refractivity (Wildman–Crippen MR) is 81.1 cm³/mol. The molecule has 0 aliphatic heterocycles. The van der Waals surface area contributed by atoms with Gasteiger partial charge in [-0.3, -0.25) is 0 Å². The summed E-state index contributed by atoms with van der Waals surface area (Å²) in [7, 11) is 0. The quantitative estimate of drug-likeness (QED) is 0.831. The molecule has 104 valence electrons. The molecule has 0 fully saturated rings. The minimum absolute atomic E-state index is 0.225. The number of nitrogens with zero attached hydrogens (tertiary/aromatic N) is 4. The van der Waals surface area contributed by atoms with Crippen LogP contribution in [-0.2, 0) is 0 Å². The smallest absolute Gasteiger partial charge is 0.255 e. The maximum absolute atomic E-state index is 5.99. The Kier molecular flexibility index (Phi) is 4.52. The van der Waals surface area contributed by atoms with Crippen LogP contribution in [0.3, 0.4) is 0 Å². The van der Waals surface area contributed by atoms with E-state index in [1.807, 2.05) is 11.8 Å². The van der Waals surface area contributed by atoms with Gasteiger partial charge in [0.2, 0.25) is 0 Å². The zero-order valence-corrected chi connectivity index (χ0v) is 12.9. The minimum atomic E-state index is 0.225. The molecule has 0 spiro atoms. The third-order valence-corrected chi connectivity index (χ3v) is 5.32. The van der Waals surface area contributed by atoms with Crippen molar-refractivity contribution in [3.05, 3.63) is 17.5 Å². The zero-order chi connectivity index (χ0) is 13.9. The van der Waals surface area contributed by atoms with Crippen molar-refractivity contribution in [3.8, 4) is 0 Å². The van der Waals surface area contributed by atoms with Gasteiger partial charge in [-0.2, -0.15) is 31.3 Å². The average Bonchev–Trinajstić information content (AvgIpc) is 2.88. The van der Waals surface area contributed by atoms with Crippen molar-refractivity contribution in [1.82, 2.24) is 19.6 Å². The van der Waals surface area contributed by atoms with Gasteiger partial charge < -0.3 is 5.32 Å². The van der Waals surface area contributed by atoms with Gasteiger partial charge in [-0.25, -0.2) is 0 Å². The van der Waals surface area contributed by atoms with Gasteiger partial charge in [0.05, 0.1) is 0 Å². The fourth-order valence-corrected chi connectivity index (χ4v) is 2.99. The zero-order valence-electron chi connectivity index (χ0n) is 11.4. The normalized spacial score (nSPS) is 12.0. The van der Waals surface area contributed by atoms with E-state index >= 15 is 0 Å². The average molecular weight is 300 g/mol. The van der Waals surface area contributed by atoms with E-state index in [-0.39, 0.29) is 4.75 Å². The molecule has 19 heavy (non-hydrogen) atoms. The molecule has 7 heteroatoms. The van der Waals surface area contributed by atoms with Gasteiger partial charge in [-0.15, -0.1) is 0 Å². The predicted octanol–water partition coefficient (Wildman–Crippen LogP) is 3.11. The summed E-state index contributed by atoms with van der Waals surface area (Å²) in [5.74, 6) is 1.34. The fourth-order valence-electron chi connectivity index (χ4n) is 2.02. The van der Waals surface area contributed by atoms with Crippen LogP contribution in [0, 0.1) is 0 Å². The lowest BCUT2D eigenvalue weighted by molar-refractivity contribution is 0.573. The van der Waals surface area contributed by atoms with Crippen molar-refractivity contribution in [2.75, 3.05) is 18.1 Å². The molecule has 0 aliphatic carbocycles. The van der Waals surface area contributed by atoms with E-state index in [9.17, 15) is 0 Å². The number of anilines is 1. The van der Waals surface area contributed by atoms with Crippen molar-refractivity contribution in [2.24, 2.45) is 0 Å². The summed E-state index contributed by atoms with van der Waals surface area (Å²) in [6, 6.07) is 1.78. The molecule has 0 aliphatic rings. The molecule has 0 saturated heterocycles. The summed E-state index contributed by atoms with van der Waals surface area (Å²) in [5, 5.41) is 8.00. The maximum Gasteiger partial charge on any atom is 0.255 e. The summed E-state index contributed by atoms with van der Waals surface area (Å²) in [6.07, 6.45) is 5.85. The highest BCUT2D eigenvalue weighted by atomic mass is 35.5. The minimum Gasteiger partial charge on any atom is -0.368 e. The fraction of sp³-hybridized carbons (Fsp3) is 0.583. The van der Waals surface area contributed by atoms with Crippen molar-refractivity contribution in [1.29, 1.82) is 0 Å². The Morgan fingerprint density at radius 3 is 2.79 bits per heavy atom. The van der Waals surface area contributed by atoms with Crippen LogP contribution in [0.1, 0.15) is 26.7 Å². The van der Waals surface area contributed by atoms with Gasteiger partial charge in [0.15, 0.2) is 0 Å². The number of hydrogen-bond acceptors (Lipinski definition) is 5. The molecule has 5 nitrogen and oxygen atoms in total. The van der Waals surface area contributed by atoms with Crippen LogP contribution in [0.4, 0.5) is 5.82 Å². The van der Waals surface area contributed by atoms with Crippen LogP contribution < -0.4 is 5.32 Å². The number of fused-ring (bicyclic) bond motifs is 1. The van der Waals surface area contributed by atoms with E-state index in [1.165, 1.54) is 6.33 Å². The van der Waals surface area contributed by atoms with Crippen molar-refractivity contribution in [3.63, 3.8) is 0 Å². The Morgan fingerprint density at radius 1 is 1.42 bits per heavy atom. The lowest BCUT2D eigenvalue weighted by Crippen LogP contribution is -2.32. The number of nitrogens with one attached hydrogen (secondary N) is 1. The van der Waals surface area contributed by atoms with Crippen LogP contribution in [-0.4, -0.2) is 37.1 Å². The molecule has 0 unspecified atom stereocenters. The van der Waals surface area contributed by atoms with Crippen LogP contribution in [0.2, 0.25) is 5.15 Å². The topological polar surface area (TPSA) is 55.1 Å². The highest BCUT2D eigenvalue weighted by molar-refractivity contribution is 8.00. The summed E-state index contributed by atoms with van der Waals surface area (Å²) in [5.41, 5.74) is 0. The summed E-state index contributed by atoms with van der Waals surface area (Å²) in [4.78, 5) is 8.17. The SMILES string of the molecule is CCC(CC)(CNc1cc(Cl)nc2ncnn12)SC. The van der Waals surface area contributed by atoms with Gasteiger partial charge in [-0.05, 0) is 19.1 Å². The van der Waals surface area contributed by atoms with E-state index in [0.717, 1.165) is 25.2 Å². The van der Waals surface area contributed by atoms with Gasteiger partial charge in [0.25, 0.3) is 5.78 Å². The molecule has 0 radical (unpaired) electrons. The molecule has 2 rings (SSSR count). The van der Waals surface area contributed by atoms with Gasteiger partial charge in [0, 0.05) is 17.4 Å². The van der Waals surface area contributed by atoms with Crippen molar-refractivity contribution >= 4 is 35.0 Å². The lowest BCUT2D eigenvalue weighted by atomic mass is 10.0. The summed E-state index contributed by atoms with van der Waals surface area (Å²) in [6.45, 7) is 5.29. The first-order chi connectivity index (χ1) is 9.14. The van der Waals surface area contributed by atoms with Crippen LogP contribution in [0.25, 0.3) is 5.78 Å². The second kappa shape index (κ2) is 5.96. The van der Waals surface area contributed by atoms with E-state index in [0.29, 0.717) is 10.9 Å². The highest BCUT2D eigenvalue weighted by Crippen LogP contribution is 2.30. The van der Waals surface area contributed by atoms with Crippen LogP contribution >= 0.6 is 23.4 Å². The summed E-state index contributed by atoms with van der Waals surface area (Å²) < 4.78 is 1.89. The molecule has 0 saturated carbocycles. The Hall–Kier alpha value is -1.01. The maximum atomic E-state index is 5.99. The second-order valence-corrected chi connectivity index (χ2v) is 6.05. The Balaban J connectivity index is 2.24. The molecule has 0 atom stereocenters. The molecule has 0 amide bonds. The van der Waals surface area contributed by atoms with Crippen LogP contribution in [0.15, 0.2) is 12.4 Å². The Morgan fingerprint density at radius 2 is 2.16 bits per heavy atom. The van der Waals surface area contributed by atoms with E-state index in [1.54, 1.807) is 10.6 Å². The first kappa shape index (κ1) is 14.4. The number of halogens is 1. The van der Waals surface area contributed by atoms with E-state index in [4.69, 9.17) is 11.6 Å². The largest absolute Gasteiger partial charge is 0.368 e. The van der Waals surface area contributed by atoms with E-state index < -0.39 is 0 Å².